The van der Waals surface area contributed by atoms with Gasteiger partial charge in [-0.25, -0.2) is 8.42 Å². The fraction of sp³-hybridized carbons (Fsp3) is 1.00. The van der Waals surface area contributed by atoms with Crippen LogP contribution in [0.1, 0.15) is 40.0 Å². The summed E-state index contributed by atoms with van der Waals surface area (Å²) in [5.74, 6) is 0.568. The number of nitrogens with two attached hydrogens (primary N) is 1. The molecule has 0 amide bonds. The number of sulfone groups is 1. The Bertz CT molecular complexity index is 341. The van der Waals surface area contributed by atoms with E-state index in [9.17, 15) is 8.42 Å². The van der Waals surface area contributed by atoms with Gasteiger partial charge in [-0.05, 0) is 38.1 Å². The van der Waals surface area contributed by atoms with Crippen molar-refractivity contribution in [2.75, 3.05) is 24.6 Å². The average Bonchev–Trinajstić information content (AvgIpc) is 2.57. The second kappa shape index (κ2) is 5.24. The van der Waals surface area contributed by atoms with Crippen LogP contribution in [0.4, 0.5) is 0 Å². The molecule has 0 aromatic rings. The minimum Gasteiger partial charge on any atom is -0.330 e. The molecule has 0 radical (unpaired) electrons. The Morgan fingerprint density at radius 1 is 1.35 bits per heavy atom. The van der Waals surface area contributed by atoms with Crippen molar-refractivity contribution >= 4 is 9.84 Å². The second-order valence-electron chi connectivity index (χ2n) is 5.67. The molecule has 102 valence electrons. The first-order chi connectivity index (χ1) is 7.80. The van der Waals surface area contributed by atoms with Gasteiger partial charge in [-0.1, -0.05) is 13.8 Å². The summed E-state index contributed by atoms with van der Waals surface area (Å²) in [5, 5.41) is 3.45. The van der Waals surface area contributed by atoms with Gasteiger partial charge in [0.1, 0.15) is 0 Å². The van der Waals surface area contributed by atoms with E-state index in [-0.39, 0.29) is 16.7 Å². The van der Waals surface area contributed by atoms with Gasteiger partial charge in [0.15, 0.2) is 9.84 Å². The van der Waals surface area contributed by atoms with Crippen LogP contribution in [-0.4, -0.2) is 38.6 Å². The Morgan fingerprint density at radius 2 is 1.94 bits per heavy atom. The second-order valence-corrected chi connectivity index (χ2v) is 7.85. The zero-order valence-corrected chi connectivity index (χ0v) is 12.1. The molecule has 1 heterocycles. The van der Waals surface area contributed by atoms with Gasteiger partial charge in [-0.2, -0.15) is 0 Å². The molecule has 3 N–H and O–H groups in total. The van der Waals surface area contributed by atoms with Crippen molar-refractivity contribution < 1.29 is 8.42 Å². The Morgan fingerprint density at radius 3 is 2.29 bits per heavy atom. The summed E-state index contributed by atoms with van der Waals surface area (Å²) in [7, 11) is -2.84. The summed E-state index contributed by atoms with van der Waals surface area (Å²) in [6, 6.07) is 0. The lowest BCUT2D eigenvalue weighted by Crippen LogP contribution is -2.50. The molecular formula is C12H26N2O2S. The quantitative estimate of drug-likeness (QED) is 0.746. The average molecular weight is 262 g/mol. The van der Waals surface area contributed by atoms with E-state index in [1.165, 1.54) is 0 Å². The van der Waals surface area contributed by atoms with Gasteiger partial charge < -0.3 is 11.1 Å². The fourth-order valence-electron chi connectivity index (χ4n) is 2.41. The van der Waals surface area contributed by atoms with Crippen LogP contribution in [-0.2, 0) is 9.84 Å². The van der Waals surface area contributed by atoms with Crippen molar-refractivity contribution in [2.24, 2.45) is 11.1 Å². The molecule has 1 fully saturated rings. The van der Waals surface area contributed by atoms with Gasteiger partial charge in [0.05, 0.1) is 11.5 Å². The fourth-order valence-corrected chi connectivity index (χ4v) is 4.53. The molecular weight excluding hydrogens is 236 g/mol. The highest BCUT2D eigenvalue weighted by Gasteiger charge is 2.39. The third kappa shape index (κ3) is 3.66. The molecule has 1 aliphatic heterocycles. The highest BCUT2D eigenvalue weighted by atomic mass is 32.2. The number of hydrogen-bond acceptors (Lipinski definition) is 4. The molecule has 0 aromatic heterocycles. The molecule has 0 aliphatic carbocycles. The minimum atomic E-state index is -2.84. The van der Waals surface area contributed by atoms with Crippen LogP contribution in [0.5, 0.6) is 0 Å². The lowest BCUT2D eigenvalue weighted by Gasteiger charge is -2.35. The molecule has 0 spiro atoms. The van der Waals surface area contributed by atoms with E-state index in [2.05, 4.69) is 19.2 Å². The predicted octanol–water partition coefficient (Wildman–Crippen LogP) is 0.918. The molecule has 17 heavy (non-hydrogen) atoms. The Kier molecular flexibility index (Phi) is 4.60. The standard InChI is InChI=1S/C12H26N2O2S/c1-4-12(5-2,8-13)9-14-11(3)6-7-17(15,16)10-11/h14H,4-10,13H2,1-3H3. The summed E-state index contributed by atoms with van der Waals surface area (Å²) in [5.41, 5.74) is 5.70. The lowest BCUT2D eigenvalue weighted by atomic mass is 9.81. The van der Waals surface area contributed by atoms with Crippen LogP contribution in [0.15, 0.2) is 0 Å². The smallest absolute Gasteiger partial charge is 0.152 e. The Hall–Kier alpha value is -0.130. The van der Waals surface area contributed by atoms with Crippen molar-refractivity contribution in [1.82, 2.24) is 5.32 Å². The minimum absolute atomic E-state index is 0.107. The monoisotopic (exact) mass is 262 g/mol. The van der Waals surface area contributed by atoms with E-state index in [0.29, 0.717) is 18.7 Å². The van der Waals surface area contributed by atoms with E-state index in [4.69, 9.17) is 5.73 Å². The van der Waals surface area contributed by atoms with E-state index < -0.39 is 9.84 Å². The largest absolute Gasteiger partial charge is 0.330 e. The summed E-state index contributed by atoms with van der Waals surface area (Å²) < 4.78 is 23.0. The van der Waals surface area contributed by atoms with Gasteiger partial charge in [0.25, 0.3) is 0 Å². The van der Waals surface area contributed by atoms with Gasteiger partial charge >= 0.3 is 0 Å². The zero-order chi connectivity index (χ0) is 13.2. The molecule has 1 rings (SSSR count). The van der Waals surface area contributed by atoms with E-state index in [0.717, 1.165) is 19.4 Å². The molecule has 1 atom stereocenters. The number of nitrogens with one attached hydrogen (secondary N) is 1. The summed E-state index contributed by atoms with van der Waals surface area (Å²) in [4.78, 5) is 0. The van der Waals surface area contributed by atoms with E-state index >= 15 is 0 Å². The molecule has 0 bridgehead atoms. The van der Waals surface area contributed by atoms with Crippen LogP contribution >= 0.6 is 0 Å². The first-order valence-corrected chi connectivity index (χ1v) is 8.28. The molecule has 1 unspecified atom stereocenters. The maximum atomic E-state index is 11.5. The molecule has 1 saturated heterocycles. The first-order valence-electron chi connectivity index (χ1n) is 6.46. The van der Waals surface area contributed by atoms with E-state index in [1.54, 1.807) is 0 Å². The SMILES string of the molecule is CCC(CC)(CN)CNC1(C)CCS(=O)(=O)C1. The number of rotatable bonds is 6. The topological polar surface area (TPSA) is 72.2 Å². The third-order valence-corrected chi connectivity index (χ3v) is 6.23. The zero-order valence-electron chi connectivity index (χ0n) is 11.3. The Balaban J connectivity index is 2.61. The van der Waals surface area contributed by atoms with Crippen LogP contribution in [0.2, 0.25) is 0 Å². The number of hydrogen-bond donors (Lipinski definition) is 2. The van der Waals surface area contributed by atoms with Gasteiger partial charge in [0.2, 0.25) is 0 Å². The summed E-state index contributed by atoms with van der Waals surface area (Å²) in [6.45, 7) is 7.75. The van der Waals surface area contributed by atoms with Gasteiger partial charge in [-0.3, -0.25) is 0 Å². The van der Waals surface area contributed by atoms with Crippen molar-refractivity contribution in [3.8, 4) is 0 Å². The van der Waals surface area contributed by atoms with E-state index in [1.807, 2.05) is 6.92 Å². The molecule has 0 saturated carbocycles. The van der Waals surface area contributed by atoms with Gasteiger partial charge in [0, 0.05) is 12.1 Å². The molecule has 0 aromatic carbocycles. The predicted molar refractivity (Wildman–Crippen MR) is 71.7 cm³/mol. The summed E-state index contributed by atoms with van der Waals surface area (Å²) >= 11 is 0. The van der Waals surface area contributed by atoms with Gasteiger partial charge in [-0.15, -0.1) is 0 Å². The molecule has 5 heteroatoms. The van der Waals surface area contributed by atoms with Crippen molar-refractivity contribution in [2.45, 2.75) is 45.6 Å². The van der Waals surface area contributed by atoms with Crippen molar-refractivity contribution in [3.05, 3.63) is 0 Å². The lowest BCUT2D eigenvalue weighted by molar-refractivity contribution is 0.226. The third-order valence-electron chi connectivity index (χ3n) is 4.33. The van der Waals surface area contributed by atoms with Crippen LogP contribution < -0.4 is 11.1 Å². The van der Waals surface area contributed by atoms with Crippen LogP contribution in [0, 0.1) is 5.41 Å². The molecule has 1 aliphatic rings. The summed E-state index contributed by atoms with van der Waals surface area (Å²) in [6.07, 6.45) is 2.76. The Labute approximate surface area is 105 Å². The highest BCUT2D eigenvalue weighted by molar-refractivity contribution is 7.91. The highest BCUT2D eigenvalue weighted by Crippen LogP contribution is 2.28. The maximum Gasteiger partial charge on any atom is 0.152 e. The first kappa shape index (κ1) is 14.9. The normalized spacial score (nSPS) is 28.5. The maximum absolute atomic E-state index is 11.5. The van der Waals surface area contributed by atoms with Crippen molar-refractivity contribution in [3.63, 3.8) is 0 Å². The van der Waals surface area contributed by atoms with Crippen molar-refractivity contribution in [1.29, 1.82) is 0 Å². The molecule has 4 nitrogen and oxygen atoms in total. The van der Waals surface area contributed by atoms with Crippen LogP contribution in [0.3, 0.4) is 0 Å². The van der Waals surface area contributed by atoms with Crippen LogP contribution in [0.25, 0.3) is 0 Å².